The van der Waals surface area contributed by atoms with Gasteiger partial charge in [-0.15, -0.1) is 11.6 Å². The summed E-state index contributed by atoms with van der Waals surface area (Å²) in [5.74, 6) is 0.926. The minimum atomic E-state index is -2.86. The largest absolute Gasteiger partial charge is 0.309 e. The second-order valence-corrected chi connectivity index (χ2v) is 6.94. The Morgan fingerprint density at radius 1 is 1.28 bits per heavy atom. The summed E-state index contributed by atoms with van der Waals surface area (Å²) in [5.41, 5.74) is 1.13. The summed E-state index contributed by atoms with van der Waals surface area (Å²) in [6.07, 6.45) is 0.621. The van der Waals surface area contributed by atoms with Gasteiger partial charge in [0.25, 0.3) is 0 Å². The van der Waals surface area contributed by atoms with E-state index in [1.807, 2.05) is 30.3 Å². The number of hydrogen-bond acceptors (Lipinski definition) is 3. The predicted octanol–water partition coefficient (Wildman–Crippen LogP) is 2.38. The summed E-state index contributed by atoms with van der Waals surface area (Å²) < 4.78 is 22.7. The number of hydrogen-bond donors (Lipinski definition) is 1. The molecule has 3 nitrogen and oxygen atoms in total. The highest BCUT2D eigenvalue weighted by molar-refractivity contribution is 7.91. The molecular weight excluding hydrogens is 270 g/mol. The average Bonchev–Trinajstić information content (AvgIpc) is 2.40. The molecule has 102 valence electrons. The van der Waals surface area contributed by atoms with Gasteiger partial charge in [0.05, 0.1) is 5.75 Å². The van der Waals surface area contributed by atoms with E-state index >= 15 is 0 Å². The van der Waals surface area contributed by atoms with Crippen LogP contribution in [0.3, 0.4) is 0 Å². The van der Waals surface area contributed by atoms with Crippen LogP contribution in [0.1, 0.15) is 24.9 Å². The summed E-state index contributed by atoms with van der Waals surface area (Å²) in [6, 6.07) is 10.0. The number of halogens is 1. The molecule has 1 aromatic rings. The first-order chi connectivity index (χ1) is 8.59. The molecule has 0 heterocycles. The molecule has 1 unspecified atom stereocenters. The summed E-state index contributed by atoms with van der Waals surface area (Å²) in [4.78, 5) is 0. The van der Waals surface area contributed by atoms with Gasteiger partial charge in [-0.25, -0.2) is 8.42 Å². The van der Waals surface area contributed by atoms with Gasteiger partial charge in [0.1, 0.15) is 9.84 Å². The third kappa shape index (κ3) is 5.38. The molecule has 0 radical (unpaired) electrons. The Bertz CT molecular complexity index is 434. The summed E-state index contributed by atoms with van der Waals surface area (Å²) in [6.45, 7) is 2.33. The van der Waals surface area contributed by atoms with E-state index in [9.17, 15) is 8.42 Å². The van der Waals surface area contributed by atoms with Crippen molar-refractivity contribution in [1.29, 1.82) is 0 Å². The topological polar surface area (TPSA) is 46.2 Å². The van der Waals surface area contributed by atoms with Crippen LogP contribution in [-0.2, 0) is 9.84 Å². The predicted molar refractivity (Wildman–Crippen MR) is 76.9 cm³/mol. The molecule has 0 aliphatic carbocycles. The zero-order valence-electron chi connectivity index (χ0n) is 10.6. The maximum atomic E-state index is 11.3. The zero-order chi connectivity index (χ0) is 13.4. The van der Waals surface area contributed by atoms with E-state index in [0.717, 1.165) is 5.56 Å². The number of nitrogens with one attached hydrogen (secondary N) is 1. The molecular formula is C13H20ClNO2S. The highest BCUT2D eigenvalue weighted by Crippen LogP contribution is 2.13. The van der Waals surface area contributed by atoms with Crippen molar-refractivity contribution < 1.29 is 8.42 Å². The third-order valence-electron chi connectivity index (χ3n) is 2.82. The van der Waals surface area contributed by atoms with E-state index in [-0.39, 0.29) is 17.5 Å². The number of alkyl halides is 1. The van der Waals surface area contributed by atoms with Crippen molar-refractivity contribution in [3.8, 4) is 0 Å². The molecule has 0 spiro atoms. The molecule has 1 atom stereocenters. The Morgan fingerprint density at radius 2 is 1.94 bits per heavy atom. The van der Waals surface area contributed by atoms with Gasteiger partial charge < -0.3 is 5.32 Å². The molecule has 0 saturated carbocycles. The number of sulfone groups is 1. The van der Waals surface area contributed by atoms with Gasteiger partial charge in [0.15, 0.2) is 0 Å². The molecule has 0 amide bonds. The first-order valence-electron chi connectivity index (χ1n) is 6.13. The molecule has 0 saturated heterocycles. The Labute approximate surface area is 114 Å². The maximum absolute atomic E-state index is 11.3. The fourth-order valence-electron chi connectivity index (χ4n) is 1.66. The lowest BCUT2D eigenvalue weighted by Gasteiger charge is -2.16. The molecule has 5 heteroatoms. The van der Waals surface area contributed by atoms with Crippen LogP contribution < -0.4 is 5.32 Å². The summed E-state index contributed by atoms with van der Waals surface area (Å²) >= 11 is 5.92. The normalized spacial score (nSPS) is 13.4. The Hall–Kier alpha value is -0.580. The van der Waals surface area contributed by atoms with E-state index in [1.54, 1.807) is 6.92 Å². The second kappa shape index (κ2) is 7.77. The fourth-order valence-corrected chi connectivity index (χ4v) is 2.82. The molecule has 0 aliphatic heterocycles. The standard InChI is InChI=1S/C13H20ClNO2S/c1-2-18(16,17)10-6-9-15-13(11-14)12-7-4-3-5-8-12/h3-5,7-8,13,15H,2,6,9-11H2,1H3. The minimum absolute atomic E-state index is 0.0807. The van der Waals surface area contributed by atoms with Gasteiger partial charge in [0, 0.05) is 17.7 Å². The Balaban J connectivity index is 2.38. The molecule has 1 aromatic carbocycles. The smallest absolute Gasteiger partial charge is 0.150 e. The third-order valence-corrected chi connectivity index (χ3v) is 4.92. The van der Waals surface area contributed by atoms with Gasteiger partial charge in [0.2, 0.25) is 0 Å². The zero-order valence-corrected chi connectivity index (χ0v) is 12.2. The molecule has 0 bridgehead atoms. The number of rotatable bonds is 8. The van der Waals surface area contributed by atoms with Crippen molar-refractivity contribution in [3.05, 3.63) is 35.9 Å². The Morgan fingerprint density at radius 3 is 2.50 bits per heavy atom. The molecule has 0 fully saturated rings. The Kier molecular flexibility index (Phi) is 6.68. The van der Waals surface area contributed by atoms with Crippen LogP contribution in [0, 0.1) is 0 Å². The van der Waals surface area contributed by atoms with Crippen molar-refractivity contribution in [1.82, 2.24) is 5.32 Å². The van der Waals surface area contributed by atoms with Gasteiger partial charge >= 0.3 is 0 Å². The van der Waals surface area contributed by atoms with E-state index < -0.39 is 9.84 Å². The lowest BCUT2D eigenvalue weighted by atomic mass is 10.1. The van der Waals surface area contributed by atoms with Gasteiger partial charge in [-0.3, -0.25) is 0 Å². The van der Waals surface area contributed by atoms with Gasteiger partial charge in [-0.05, 0) is 18.5 Å². The lowest BCUT2D eigenvalue weighted by Crippen LogP contribution is -2.25. The van der Waals surface area contributed by atoms with Crippen LogP contribution >= 0.6 is 11.6 Å². The van der Waals surface area contributed by atoms with Crippen molar-refractivity contribution >= 4 is 21.4 Å². The van der Waals surface area contributed by atoms with Crippen LogP contribution in [0.5, 0.6) is 0 Å². The summed E-state index contributed by atoms with van der Waals surface area (Å²) in [5, 5.41) is 3.29. The highest BCUT2D eigenvalue weighted by atomic mass is 35.5. The molecule has 1 rings (SSSR count). The van der Waals surface area contributed by atoms with Gasteiger partial charge in [-0.1, -0.05) is 37.3 Å². The monoisotopic (exact) mass is 289 g/mol. The van der Waals surface area contributed by atoms with Crippen LogP contribution in [0.4, 0.5) is 0 Å². The van der Waals surface area contributed by atoms with E-state index in [4.69, 9.17) is 11.6 Å². The quantitative estimate of drug-likeness (QED) is 0.590. The van der Waals surface area contributed by atoms with Crippen molar-refractivity contribution in [2.45, 2.75) is 19.4 Å². The highest BCUT2D eigenvalue weighted by Gasteiger charge is 2.10. The second-order valence-electron chi connectivity index (χ2n) is 4.16. The number of benzene rings is 1. The van der Waals surface area contributed by atoms with Crippen LogP contribution in [0.15, 0.2) is 30.3 Å². The van der Waals surface area contributed by atoms with Crippen LogP contribution in [0.25, 0.3) is 0 Å². The maximum Gasteiger partial charge on any atom is 0.150 e. The fraction of sp³-hybridized carbons (Fsp3) is 0.538. The van der Waals surface area contributed by atoms with Crippen molar-refractivity contribution in [2.24, 2.45) is 0 Å². The van der Waals surface area contributed by atoms with E-state index in [0.29, 0.717) is 18.8 Å². The molecule has 18 heavy (non-hydrogen) atoms. The van der Waals surface area contributed by atoms with Crippen molar-refractivity contribution in [3.63, 3.8) is 0 Å². The van der Waals surface area contributed by atoms with E-state index in [2.05, 4.69) is 5.32 Å². The van der Waals surface area contributed by atoms with Crippen molar-refractivity contribution in [2.75, 3.05) is 23.9 Å². The molecule has 0 aliphatic rings. The lowest BCUT2D eigenvalue weighted by molar-refractivity contribution is 0.564. The first kappa shape index (κ1) is 15.5. The SMILES string of the molecule is CCS(=O)(=O)CCCNC(CCl)c1ccccc1. The first-order valence-corrected chi connectivity index (χ1v) is 8.49. The van der Waals surface area contributed by atoms with Gasteiger partial charge in [-0.2, -0.15) is 0 Å². The minimum Gasteiger partial charge on any atom is -0.309 e. The molecule has 1 N–H and O–H groups in total. The van der Waals surface area contributed by atoms with Crippen LogP contribution in [0.2, 0.25) is 0 Å². The van der Waals surface area contributed by atoms with E-state index in [1.165, 1.54) is 0 Å². The molecule has 0 aromatic heterocycles. The van der Waals surface area contributed by atoms with Crippen LogP contribution in [-0.4, -0.2) is 32.3 Å². The average molecular weight is 290 g/mol. The summed E-state index contributed by atoms with van der Waals surface area (Å²) in [7, 11) is -2.86.